The van der Waals surface area contributed by atoms with Gasteiger partial charge in [-0.2, -0.15) is 0 Å². The Balaban J connectivity index is 3.84. The number of ether oxygens (including phenoxy) is 2. The van der Waals surface area contributed by atoms with Crippen molar-refractivity contribution in [3.05, 3.63) is 0 Å². The fraction of sp³-hybridized carbons (Fsp3) is 0.571. The average Bonchev–Trinajstić information content (AvgIpc) is 1.84. The van der Waals surface area contributed by atoms with Crippen LogP contribution in [0.1, 0.15) is 20.8 Å². The third-order valence-corrected chi connectivity index (χ3v) is 0.892. The third kappa shape index (κ3) is 4.43. The Morgan fingerprint density at radius 2 is 1.58 bits per heavy atom. The highest BCUT2D eigenvalue weighted by Crippen LogP contribution is 1.94. The van der Waals surface area contributed by atoms with Crippen molar-refractivity contribution < 1.29 is 23.9 Å². The van der Waals surface area contributed by atoms with E-state index in [1.165, 1.54) is 13.8 Å². The molecule has 0 N–H and O–H groups in total. The van der Waals surface area contributed by atoms with Crippen LogP contribution in [0.2, 0.25) is 0 Å². The minimum Gasteiger partial charge on any atom is -0.426 e. The Labute approximate surface area is 69.6 Å². The summed E-state index contributed by atoms with van der Waals surface area (Å²) in [4.78, 5) is 31.2. The predicted molar refractivity (Wildman–Crippen MR) is 38.0 cm³/mol. The van der Waals surface area contributed by atoms with Crippen LogP contribution in [0.25, 0.3) is 0 Å². The van der Waals surface area contributed by atoms with Crippen LogP contribution < -0.4 is 0 Å². The number of esters is 2. The molecule has 0 amide bonds. The van der Waals surface area contributed by atoms with Crippen molar-refractivity contribution in [1.29, 1.82) is 0 Å². The van der Waals surface area contributed by atoms with Gasteiger partial charge in [-0.15, -0.1) is 0 Å². The quantitative estimate of drug-likeness (QED) is 0.343. The lowest BCUT2D eigenvalue weighted by Gasteiger charge is -2.10. The first-order valence-electron chi connectivity index (χ1n) is 3.32. The molecule has 0 aromatic rings. The summed E-state index contributed by atoms with van der Waals surface area (Å²) in [6, 6.07) is 0. The Kier molecular flexibility index (Phi) is 3.96. The van der Waals surface area contributed by atoms with Crippen molar-refractivity contribution in [3.63, 3.8) is 0 Å². The van der Waals surface area contributed by atoms with Gasteiger partial charge in [0.15, 0.2) is 0 Å². The van der Waals surface area contributed by atoms with Crippen LogP contribution in [0.3, 0.4) is 0 Å². The lowest BCUT2D eigenvalue weighted by atomic mass is 10.5. The highest BCUT2D eigenvalue weighted by molar-refractivity contribution is 6.32. The van der Waals surface area contributed by atoms with Gasteiger partial charge in [-0.1, -0.05) is 0 Å². The van der Waals surface area contributed by atoms with Gasteiger partial charge in [0.1, 0.15) is 0 Å². The summed E-state index contributed by atoms with van der Waals surface area (Å²) in [5.74, 6) is -2.31. The summed E-state index contributed by atoms with van der Waals surface area (Å²) in [6.07, 6.45) is -1.01. The Morgan fingerprint density at radius 1 is 1.08 bits per heavy atom. The van der Waals surface area contributed by atoms with E-state index in [1.807, 2.05) is 0 Å². The molecule has 0 radical (unpaired) electrons. The molecule has 0 saturated carbocycles. The minimum atomic E-state index is -1.01. The van der Waals surface area contributed by atoms with Crippen LogP contribution in [0, 0.1) is 0 Å². The molecule has 0 aromatic carbocycles. The molecule has 0 aliphatic rings. The molecule has 0 aliphatic carbocycles. The molecule has 0 aromatic heterocycles. The van der Waals surface area contributed by atoms with Crippen molar-refractivity contribution in [1.82, 2.24) is 0 Å². The van der Waals surface area contributed by atoms with Crippen molar-refractivity contribution >= 4 is 17.7 Å². The van der Waals surface area contributed by atoms with E-state index in [4.69, 9.17) is 0 Å². The highest BCUT2D eigenvalue weighted by atomic mass is 16.7. The first-order valence-corrected chi connectivity index (χ1v) is 3.32. The number of Topliss-reactive ketones (excluding diaryl/α,β-unsaturated/α-hetero) is 1. The summed E-state index contributed by atoms with van der Waals surface area (Å²) >= 11 is 0. The van der Waals surface area contributed by atoms with Gasteiger partial charge in [0.05, 0.1) is 0 Å². The SMILES string of the molecule is CC(=O)OC(C)OC(=O)C(C)=O. The van der Waals surface area contributed by atoms with E-state index in [0.717, 1.165) is 6.92 Å². The largest absolute Gasteiger partial charge is 0.426 e. The molecular weight excluding hydrogens is 164 g/mol. The molecule has 12 heavy (non-hydrogen) atoms. The van der Waals surface area contributed by atoms with Gasteiger partial charge < -0.3 is 9.47 Å². The van der Waals surface area contributed by atoms with E-state index in [-0.39, 0.29) is 0 Å². The molecule has 0 fully saturated rings. The average molecular weight is 174 g/mol. The van der Waals surface area contributed by atoms with E-state index >= 15 is 0 Å². The minimum absolute atomic E-state index is 0.571. The van der Waals surface area contributed by atoms with Crippen LogP contribution in [0.5, 0.6) is 0 Å². The molecule has 68 valence electrons. The second-order valence-electron chi connectivity index (χ2n) is 2.14. The number of carbonyl (C=O) groups is 3. The maximum absolute atomic E-state index is 10.6. The Bertz CT molecular complexity index is 208. The number of ketones is 1. The molecule has 0 bridgehead atoms. The molecule has 0 saturated heterocycles. The smallest absolute Gasteiger partial charge is 0.377 e. The molecular formula is C7H10O5. The summed E-state index contributed by atoms with van der Waals surface area (Å²) in [5.41, 5.74) is 0. The fourth-order valence-corrected chi connectivity index (χ4v) is 0.491. The Hall–Kier alpha value is -1.39. The number of hydrogen-bond donors (Lipinski definition) is 0. The van der Waals surface area contributed by atoms with Gasteiger partial charge >= 0.3 is 11.9 Å². The monoisotopic (exact) mass is 174 g/mol. The topological polar surface area (TPSA) is 69.7 Å². The second-order valence-corrected chi connectivity index (χ2v) is 2.14. The lowest BCUT2D eigenvalue weighted by molar-refractivity contribution is -0.184. The molecule has 0 aliphatic heterocycles. The van der Waals surface area contributed by atoms with E-state index in [2.05, 4.69) is 9.47 Å². The van der Waals surface area contributed by atoms with E-state index in [9.17, 15) is 14.4 Å². The maximum atomic E-state index is 10.6. The molecule has 0 rings (SSSR count). The van der Waals surface area contributed by atoms with E-state index < -0.39 is 24.0 Å². The van der Waals surface area contributed by atoms with Gasteiger partial charge in [-0.25, -0.2) is 4.79 Å². The summed E-state index contributed by atoms with van der Waals surface area (Å²) in [7, 11) is 0. The van der Waals surface area contributed by atoms with Gasteiger partial charge in [-0.05, 0) is 0 Å². The first-order chi connectivity index (χ1) is 5.43. The zero-order valence-electron chi connectivity index (χ0n) is 7.12. The number of carbonyl (C=O) groups excluding carboxylic acids is 3. The Morgan fingerprint density at radius 3 is 1.92 bits per heavy atom. The van der Waals surface area contributed by atoms with Gasteiger partial charge in [-0.3, -0.25) is 9.59 Å². The zero-order valence-corrected chi connectivity index (χ0v) is 7.12. The third-order valence-electron chi connectivity index (χ3n) is 0.892. The molecule has 1 unspecified atom stereocenters. The normalized spacial score (nSPS) is 11.6. The summed E-state index contributed by atoms with van der Waals surface area (Å²) in [6.45, 7) is 3.60. The van der Waals surface area contributed by atoms with Crippen molar-refractivity contribution in [3.8, 4) is 0 Å². The molecule has 5 nitrogen and oxygen atoms in total. The highest BCUT2D eigenvalue weighted by Gasteiger charge is 2.14. The second kappa shape index (κ2) is 4.48. The van der Waals surface area contributed by atoms with E-state index in [1.54, 1.807) is 0 Å². The zero-order chi connectivity index (χ0) is 9.72. The standard InChI is InChI=1S/C7H10O5/c1-4(8)7(10)12-6(3)11-5(2)9/h6H,1-3H3. The van der Waals surface area contributed by atoms with Gasteiger partial charge in [0.25, 0.3) is 0 Å². The van der Waals surface area contributed by atoms with Crippen molar-refractivity contribution in [2.45, 2.75) is 27.1 Å². The van der Waals surface area contributed by atoms with Crippen molar-refractivity contribution in [2.75, 3.05) is 0 Å². The van der Waals surface area contributed by atoms with Crippen LogP contribution in [-0.2, 0) is 23.9 Å². The van der Waals surface area contributed by atoms with Gasteiger partial charge in [0.2, 0.25) is 12.1 Å². The fourth-order valence-electron chi connectivity index (χ4n) is 0.491. The lowest BCUT2D eigenvalue weighted by Crippen LogP contribution is -2.24. The first kappa shape index (κ1) is 10.6. The maximum Gasteiger partial charge on any atom is 0.377 e. The predicted octanol–water partition coefficient (Wildman–Crippen LogP) is 0.0277. The summed E-state index contributed by atoms with van der Waals surface area (Å²) in [5, 5.41) is 0. The van der Waals surface area contributed by atoms with Crippen molar-refractivity contribution in [2.24, 2.45) is 0 Å². The summed E-state index contributed by atoms with van der Waals surface area (Å²) < 4.78 is 8.83. The molecule has 0 spiro atoms. The van der Waals surface area contributed by atoms with Crippen LogP contribution in [0.4, 0.5) is 0 Å². The number of rotatable bonds is 3. The van der Waals surface area contributed by atoms with E-state index in [0.29, 0.717) is 0 Å². The molecule has 5 heteroatoms. The van der Waals surface area contributed by atoms with Crippen LogP contribution >= 0.6 is 0 Å². The number of hydrogen-bond acceptors (Lipinski definition) is 5. The van der Waals surface area contributed by atoms with Gasteiger partial charge in [0, 0.05) is 20.8 Å². The molecule has 0 heterocycles. The van der Waals surface area contributed by atoms with Crippen LogP contribution in [0.15, 0.2) is 0 Å². The van der Waals surface area contributed by atoms with Crippen LogP contribution in [-0.4, -0.2) is 24.0 Å². The molecule has 1 atom stereocenters.